The quantitative estimate of drug-likeness (QED) is 0.304. The molecule has 10 heteroatoms. The molecule has 0 aliphatic heterocycles. The van der Waals surface area contributed by atoms with Crippen LogP contribution in [0, 0.1) is 0 Å². The van der Waals surface area contributed by atoms with E-state index in [1.54, 1.807) is 63.2 Å². The molecule has 0 bridgehead atoms. The van der Waals surface area contributed by atoms with Crippen LogP contribution in [0.4, 0.5) is 10.5 Å². The summed E-state index contributed by atoms with van der Waals surface area (Å²) in [4.78, 5) is 60.9. The Morgan fingerprint density at radius 3 is 2.19 bits per heavy atom. The lowest BCUT2D eigenvalue weighted by molar-refractivity contribution is -0.143. The Kier molecular flexibility index (Phi) is 8.42. The molecular weight excluding hydrogens is 466 g/mol. The smallest absolute Gasteiger partial charge is 0.408 e. The lowest BCUT2D eigenvalue weighted by atomic mass is 9.83. The number of nitrogens with one attached hydrogen (secondary N) is 3. The number of anilines is 1. The summed E-state index contributed by atoms with van der Waals surface area (Å²) in [5.41, 5.74) is 1.31. The third kappa shape index (κ3) is 6.91. The largest absolute Gasteiger partial charge is 0.464 e. The molecule has 190 valence electrons. The van der Waals surface area contributed by atoms with Crippen molar-refractivity contribution in [2.75, 3.05) is 31.6 Å². The molecule has 36 heavy (non-hydrogen) atoms. The predicted octanol–water partition coefficient (Wildman–Crippen LogP) is 2.45. The SMILES string of the molecule is CC(C)(C)OC(=O)NCC(=O)NCC(=O)OCCCNc1cccc2c1C(=O)c1ccccc1C2=O. The van der Waals surface area contributed by atoms with E-state index in [1.807, 2.05) is 0 Å². The van der Waals surface area contributed by atoms with Crippen LogP contribution in [-0.4, -0.2) is 61.4 Å². The lowest BCUT2D eigenvalue weighted by Crippen LogP contribution is -2.41. The molecule has 10 nitrogen and oxygen atoms in total. The highest BCUT2D eigenvalue weighted by Gasteiger charge is 2.31. The summed E-state index contributed by atoms with van der Waals surface area (Å²) < 4.78 is 10.1. The molecular formula is C26H29N3O7. The van der Waals surface area contributed by atoms with E-state index in [1.165, 1.54) is 0 Å². The molecule has 0 aromatic heterocycles. The van der Waals surface area contributed by atoms with E-state index in [0.29, 0.717) is 40.9 Å². The van der Waals surface area contributed by atoms with Crippen LogP contribution in [0.15, 0.2) is 42.5 Å². The molecule has 3 rings (SSSR count). The number of ether oxygens (including phenoxy) is 2. The molecule has 0 radical (unpaired) electrons. The van der Waals surface area contributed by atoms with Gasteiger partial charge in [0.05, 0.1) is 12.2 Å². The Morgan fingerprint density at radius 2 is 1.50 bits per heavy atom. The van der Waals surface area contributed by atoms with Crippen molar-refractivity contribution in [3.63, 3.8) is 0 Å². The van der Waals surface area contributed by atoms with Crippen molar-refractivity contribution >= 4 is 35.2 Å². The number of amides is 2. The molecule has 2 amide bonds. The van der Waals surface area contributed by atoms with Gasteiger partial charge in [0.2, 0.25) is 5.91 Å². The first-order valence-electron chi connectivity index (χ1n) is 11.5. The van der Waals surface area contributed by atoms with Gasteiger partial charge >= 0.3 is 12.1 Å². The van der Waals surface area contributed by atoms with Gasteiger partial charge in [0.15, 0.2) is 11.6 Å². The molecule has 3 N–H and O–H groups in total. The lowest BCUT2D eigenvalue weighted by Gasteiger charge is -2.20. The molecule has 0 heterocycles. The summed E-state index contributed by atoms with van der Waals surface area (Å²) in [6.07, 6.45) is -0.301. The zero-order valence-corrected chi connectivity index (χ0v) is 20.4. The second kappa shape index (κ2) is 11.5. The normalized spacial score (nSPS) is 12.2. The summed E-state index contributed by atoms with van der Waals surface area (Å²) in [6.45, 7) is 4.90. The average molecular weight is 496 g/mol. The van der Waals surface area contributed by atoms with Crippen molar-refractivity contribution in [3.05, 3.63) is 64.7 Å². The van der Waals surface area contributed by atoms with Crippen LogP contribution in [0.2, 0.25) is 0 Å². The number of esters is 1. The van der Waals surface area contributed by atoms with Crippen LogP contribution in [0.25, 0.3) is 0 Å². The maximum absolute atomic E-state index is 13.0. The molecule has 1 aliphatic carbocycles. The molecule has 0 saturated carbocycles. The molecule has 0 atom stereocenters. The van der Waals surface area contributed by atoms with E-state index in [9.17, 15) is 24.0 Å². The van der Waals surface area contributed by atoms with Crippen molar-refractivity contribution in [3.8, 4) is 0 Å². The first-order valence-corrected chi connectivity index (χ1v) is 11.5. The average Bonchev–Trinajstić information content (AvgIpc) is 2.83. The minimum absolute atomic E-state index is 0.0859. The zero-order valence-electron chi connectivity index (χ0n) is 20.4. The van der Waals surface area contributed by atoms with Crippen LogP contribution in [0.3, 0.4) is 0 Å². The maximum atomic E-state index is 13.0. The van der Waals surface area contributed by atoms with Gasteiger partial charge in [0, 0.05) is 28.9 Å². The fourth-order valence-corrected chi connectivity index (χ4v) is 3.52. The van der Waals surface area contributed by atoms with Crippen molar-refractivity contribution < 1.29 is 33.4 Å². The van der Waals surface area contributed by atoms with Gasteiger partial charge < -0.3 is 25.4 Å². The van der Waals surface area contributed by atoms with E-state index in [4.69, 9.17) is 9.47 Å². The Morgan fingerprint density at radius 1 is 0.833 bits per heavy atom. The summed E-state index contributed by atoms with van der Waals surface area (Å²) in [5.74, 6) is -1.60. The first-order chi connectivity index (χ1) is 17.1. The van der Waals surface area contributed by atoms with E-state index in [-0.39, 0.29) is 31.3 Å². The number of fused-ring (bicyclic) bond motifs is 2. The maximum Gasteiger partial charge on any atom is 0.408 e. The van der Waals surface area contributed by atoms with E-state index in [2.05, 4.69) is 16.0 Å². The molecule has 1 aliphatic rings. The Bertz CT molecular complexity index is 1180. The molecule has 0 fully saturated rings. The molecule has 0 unspecified atom stereocenters. The summed E-state index contributed by atoms with van der Waals surface area (Å²) in [7, 11) is 0. The summed E-state index contributed by atoms with van der Waals surface area (Å²) >= 11 is 0. The van der Waals surface area contributed by atoms with E-state index >= 15 is 0 Å². The van der Waals surface area contributed by atoms with E-state index < -0.39 is 23.6 Å². The Hall–Kier alpha value is -4.21. The third-order valence-electron chi connectivity index (χ3n) is 5.07. The topological polar surface area (TPSA) is 140 Å². The van der Waals surface area contributed by atoms with Gasteiger partial charge in [-0.15, -0.1) is 0 Å². The molecule has 2 aromatic rings. The minimum atomic E-state index is -0.734. The number of rotatable bonds is 9. The molecule has 0 saturated heterocycles. The van der Waals surface area contributed by atoms with Gasteiger partial charge in [-0.1, -0.05) is 36.4 Å². The number of hydrogen-bond acceptors (Lipinski definition) is 8. The van der Waals surface area contributed by atoms with Gasteiger partial charge in [-0.25, -0.2) is 4.79 Å². The number of carbonyl (C=O) groups is 5. The number of hydrogen-bond donors (Lipinski definition) is 3. The van der Waals surface area contributed by atoms with Gasteiger partial charge in [-0.05, 0) is 33.3 Å². The highest BCUT2D eigenvalue weighted by molar-refractivity contribution is 6.30. The van der Waals surface area contributed by atoms with Gasteiger partial charge in [-0.2, -0.15) is 0 Å². The second-order valence-corrected chi connectivity index (χ2v) is 9.06. The Labute approximate surface area is 208 Å². The molecule has 0 spiro atoms. The van der Waals surface area contributed by atoms with Gasteiger partial charge in [-0.3, -0.25) is 19.2 Å². The van der Waals surface area contributed by atoms with Crippen molar-refractivity contribution in [2.45, 2.75) is 32.8 Å². The number of carbonyl (C=O) groups excluding carboxylic acids is 5. The fraction of sp³-hybridized carbons (Fsp3) is 0.346. The summed E-state index contributed by atoms with van der Waals surface area (Å²) in [6, 6.07) is 11.8. The van der Waals surface area contributed by atoms with Crippen molar-refractivity contribution in [1.29, 1.82) is 0 Å². The minimum Gasteiger partial charge on any atom is -0.464 e. The van der Waals surface area contributed by atoms with Crippen LogP contribution in [-0.2, 0) is 19.1 Å². The zero-order chi connectivity index (χ0) is 26.3. The highest BCUT2D eigenvalue weighted by Crippen LogP contribution is 2.31. The summed E-state index contributed by atoms with van der Waals surface area (Å²) in [5, 5.41) is 7.78. The monoisotopic (exact) mass is 495 g/mol. The number of benzene rings is 2. The predicted molar refractivity (Wildman–Crippen MR) is 131 cm³/mol. The van der Waals surface area contributed by atoms with Crippen LogP contribution < -0.4 is 16.0 Å². The number of ketones is 2. The molecule has 2 aromatic carbocycles. The highest BCUT2D eigenvalue weighted by atomic mass is 16.6. The van der Waals surface area contributed by atoms with Crippen LogP contribution in [0.5, 0.6) is 0 Å². The number of alkyl carbamates (subject to hydrolysis) is 1. The van der Waals surface area contributed by atoms with Gasteiger partial charge in [0.1, 0.15) is 18.7 Å². The van der Waals surface area contributed by atoms with Gasteiger partial charge in [0.25, 0.3) is 0 Å². The first kappa shape index (κ1) is 26.4. The van der Waals surface area contributed by atoms with Crippen LogP contribution >= 0.6 is 0 Å². The second-order valence-electron chi connectivity index (χ2n) is 9.06. The third-order valence-corrected chi connectivity index (χ3v) is 5.07. The standard InChI is InChI=1S/C26H29N3O7/c1-26(2,3)36-25(34)29-14-20(30)28-15-21(31)35-13-7-12-27-19-11-6-10-18-22(19)24(33)17-9-5-4-8-16(17)23(18)32/h4-6,8-11,27H,7,12-15H2,1-3H3,(H,28,30)(H,29,34). The van der Waals surface area contributed by atoms with Crippen molar-refractivity contribution in [1.82, 2.24) is 10.6 Å². The van der Waals surface area contributed by atoms with Crippen molar-refractivity contribution in [2.24, 2.45) is 0 Å². The van der Waals surface area contributed by atoms with E-state index in [0.717, 1.165) is 0 Å². The Balaban J connectivity index is 1.39. The van der Waals surface area contributed by atoms with Crippen LogP contribution in [0.1, 0.15) is 59.0 Å². The fourth-order valence-electron chi connectivity index (χ4n) is 3.52.